The molecule has 2 aromatic carbocycles. The number of aromatic nitrogens is 2. The summed E-state index contributed by atoms with van der Waals surface area (Å²) >= 11 is 0. The van der Waals surface area contributed by atoms with Gasteiger partial charge in [-0.1, -0.05) is 0 Å². The Morgan fingerprint density at radius 1 is 1.07 bits per heavy atom. The second kappa shape index (κ2) is 7.36. The van der Waals surface area contributed by atoms with Crippen LogP contribution >= 0.6 is 0 Å². The summed E-state index contributed by atoms with van der Waals surface area (Å²) in [4.78, 5) is 17.3. The fourth-order valence-electron chi connectivity index (χ4n) is 2.63. The van der Waals surface area contributed by atoms with Gasteiger partial charge in [-0.05, 0) is 31.2 Å². The zero-order chi connectivity index (χ0) is 19.6. The first-order valence-corrected chi connectivity index (χ1v) is 8.05. The second-order valence-corrected chi connectivity index (χ2v) is 5.67. The van der Waals surface area contributed by atoms with Crippen LogP contribution in [0.5, 0.6) is 23.0 Å². The number of ether oxygens (including phenoxy) is 3. The molecule has 1 heterocycles. The maximum absolute atomic E-state index is 12.9. The van der Waals surface area contributed by atoms with Crippen LogP contribution in [0.3, 0.4) is 0 Å². The molecule has 0 aliphatic heterocycles. The van der Waals surface area contributed by atoms with Crippen molar-refractivity contribution in [3.05, 3.63) is 52.1 Å². The summed E-state index contributed by atoms with van der Waals surface area (Å²) in [7, 11) is 4.53. The Bertz CT molecular complexity index is 1090. The molecule has 0 saturated heterocycles. The topological polar surface area (TPSA) is 95.2 Å². The van der Waals surface area contributed by atoms with Gasteiger partial charge in [0.2, 0.25) is 0 Å². The maximum Gasteiger partial charge on any atom is 0.282 e. The van der Waals surface area contributed by atoms with Gasteiger partial charge < -0.3 is 19.3 Å². The zero-order valence-electron chi connectivity index (χ0n) is 15.4. The standard InChI is InChI=1S/C19H19N3O5/c1-11-21-15-9-18(27-4)17(26-3)8-14(15)19(24)22(11)20-10-12-7-13(25-2)5-6-16(12)23/h5-10,23H,1-4H3. The predicted molar refractivity (Wildman–Crippen MR) is 101 cm³/mol. The lowest BCUT2D eigenvalue weighted by Crippen LogP contribution is -2.20. The van der Waals surface area contributed by atoms with E-state index in [1.54, 1.807) is 31.2 Å². The molecule has 1 aromatic heterocycles. The smallest absolute Gasteiger partial charge is 0.282 e. The first-order valence-electron chi connectivity index (χ1n) is 8.05. The first kappa shape index (κ1) is 18.2. The van der Waals surface area contributed by atoms with Gasteiger partial charge in [0.05, 0.1) is 38.4 Å². The average Bonchev–Trinajstić information content (AvgIpc) is 2.68. The van der Waals surface area contributed by atoms with Gasteiger partial charge in [-0.2, -0.15) is 9.78 Å². The van der Waals surface area contributed by atoms with E-state index in [2.05, 4.69) is 10.1 Å². The van der Waals surface area contributed by atoms with Gasteiger partial charge >= 0.3 is 0 Å². The van der Waals surface area contributed by atoms with E-state index in [1.807, 2.05) is 0 Å². The van der Waals surface area contributed by atoms with Crippen molar-refractivity contribution in [1.82, 2.24) is 9.66 Å². The molecule has 0 amide bonds. The molecular formula is C19H19N3O5. The first-order chi connectivity index (χ1) is 13.0. The Morgan fingerprint density at radius 2 is 1.78 bits per heavy atom. The monoisotopic (exact) mass is 369 g/mol. The van der Waals surface area contributed by atoms with Gasteiger partial charge in [0.1, 0.15) is 17.3 Å². The molecule has 0 saturated carbocycles. The van der Waals surface area contributed by atoms with Crippen LogP contribution in [0.4, 0.5) is 0 Å². The van der Waals surface area contributed by atoms with Crippen LogP contribution in [0.15, 0.2) is 40.2 Å². The molecule has 0 fully saturated rings. The molecule has 140 valence electrons. The van der Waals surface area contributed by atoms with Crippen molar-refractivity contribution in [2.75, 3.05) is 21.3 Å². The molecule has 3 aromatic rings. The number of hydrogen-bond donors (Lipinski definition) is 1. The van der Waals surface area contributed by atoms with Crippen molar-refractivity contribution >= 4 is 17.1 Å². The van der Waals surface area contributed by atoms with Crippen LogP contribution in [0.1, 0.15) is 11.4 Å². The molecule has 3 rings (SSSR count). The third-order valence-electron chi connectivity index (χ3n) is 4.06. The van der Waals surface area contributed by atoms with E-state index in [-0.39, 0.29) is 11.3 Å². The highest BCUT2D eigenvalue weighted by atomic mass is 16.5. The summed E-state index contributed by atoms with van der Waals surface area (Å²) in [5.41, 5.74) is 0.524. The van der Waals surface area contributed by atoms with Gasteiger partial charge in [0.15, 0.2) is 11.5 Å². The van der Waals surface area contributed by atoms with Gasteiger partial charge in [-0.3, -0.25) is 4.79 Å². The molecule has 0 bridgehead atoms. The fraction of sp³-hybridized carbons (Fsp3) is 0.211. The summed E-state index contributed by atoms with van der Waals surface area (Å²) in [5.74, 6) is 1.88. The van der Waals surface area contributed by atoms with Crippen molar-refractivity contribution in [3.8, 4) is 23.0 Å². The minimum atomic E-state index is -0.364. The Labute approximate surface area is 155 Å². The second-order valence-electron chi connectivity index (χ2n) is 5.67. The summed E-state index contributed by atoms with van der Waals surface area (Å²) in [6, 6.07) is 7.94. The SMILES string of the molecule is COc1ccc(O)c(C=Nn2c(C)nc3cc(OC)c(OC)cc3c2=O)c1. The van der Waals surface area contributed by atoms with E-state index in [9.17, 15) is 9.90 Å². The van der Waals surface area contributed by atoms with Crippen molar-refractivity contribution in [2.24, 2.45) is 5.10 Å². The number of fused-ring (bicyclic) bond motifs is 1. The van der Waals surface area contributed by atoms with Crippen LogP contribution < -0.4 is 19.8 Å². The summed E-state index contributed by atoms with van der Waals surface area (Å²) in [5, 5.41) is 14.5. The number of aryl methyl sites for hydroxylation is 1. The number of nitrogens with zero attached hydrogens (tertiary/aromatic N) is 3. The van der Waals surface area contributed by atoms with Crippen LogP contribution in [0.25, 0.3) is 10.9 Å². The molecule has 0 aliphatic carbocycles. The van der Waals surface area contributed by atoms with Crippen molar-refractivity contribution in [2.45, 2.75) is 6.92 Å². The van der Waals surface area contributed by atoms with E-state index >= 15 is 0 Å². The number of rotatable bonds is 5. The Kier molecular flexibility index (Phi) is 4.98. The lowest BCUT2D eigenvalue weighted by atomic mass is 10.2. The van der Waals surface area contributed by atoms with Crippen molar-refractivity contribution in [1.29, 1.82) is 0 Å². The largest absolute Gasteiger partial charge is 0.507 e. The number of hydrogen-bond acceptors (Lipinski definition) is 7. The molecule has 8 heteroatoms. The van der Waals surface area contributed by atoms with Gasteiger partial charge in [-0.25, -0.2) is 4.98 Å². The molecule has 0 atom stereocenters. The average molecular weight is 369 g/mol. The normalized spacial score (nSPS) is 11.1. The van der Waals surface area contributed by atoms with Crippen molar-refractivity contribution < 1.29 is 19.3 Å². The number of phenolic OH excluding ortho intramolecular Hbond substituents is 1. The fourth-order valence-corrected chi connectivity index (χ4v) is 2.63. The highest BCUT2D eigenvalue weighted by molar-refractivity contribution is 5.85. The van der Waals surface area contributed by atoms with E-state index in [0.29, 0.717) is 39.5 Å². The van der Waals surface area contributed by atoms with E-state index in [1.165, 1.54) is 33.6 Å². The zero-order valence-corrected chi connectivity index (χ0v) is 15.4. The molecule has 8 nitrogen and oxygen atoms in total. The quantitative estimate of drug-likeness (QED) is 0.694. The number of benzene rings is 2. The third kappa shape index (κ3) is 3.41. The predicted octanol–water partition coefficient (Wildman–Crippen LogP) is 2.32. The van der Waals surface area contributed by atoms with Crippen LogP contribution in [-0.2, 0) is 0 Å². The van der Waals surface area contributed by atoms with Gasteiger partial charge in [-0.15, -0.1) is 0 Å². The minimum absolute atomic E-state index is 0.0189. The minimum Gasteiger partial charge on any atom is -0.507 e. The maximum atomic E-state index is 12.9. The number of aromatic hydroxyl groups is 1. The Hall–Kier alpha value is -3.55. The Morgan fingerprint density at radius 3 is 2.44 bits per heavy atom. The molecule has 27 heavy (non-hydrogen) atoms. The molecule has 0 spiro atoms. The third-order valence-corrected chi connectivity index (χ3v) is 4.06. The molecular weight excluding hydrogens is 350 g/mol. The van der Waals surface area contributed by atoms with E-state index < -0.39 is 0 Å². The summed E-state index contributed by atoms with van der Waals surface area (Å²) in [6.07, 6.45) is 1.38. The Balaban J connectivity index is 2.13. The van der Waals surface area contributed by atoms with E-state index in [0.717, 1.165) is 4.68 Å². The lowest BCUT2D eigenvalue weighted by molar-refractivity contribution is 0.355. The van der Waals surface area contributed by atoms with Crippen LogP contribution in [0, 0.1) is 6.92 Å². The van der Waals surface area contributed by atoms with Crippen LogP contribution in [0.2, 0.25) is 0 Å². The summed E-state index contributed by atoms with van der Waals surface area (Å²) < 4.78 is 16.8. The molecule has 0 radical (unpaired) electrons. The highest BCUT2D eigenvalue weighted by Gasteiger charge is 2.13. The van der Waals surface area contributed by atoms with Crippen LogP contribution in [-0.4, -0.2) is 42.3 Å². The number of methoxy groups -OCH3 is 3. The number of phenols is 1. The van der Waals surface area contributed by atoms with Crippen molar-refractivity contribution in [3.63, 3.8) is 0 Å². The van der Waals surface area contributed by atoms with Gasteiger partial charge in [0, 0.05) is 11.6 Å². The molecule has 0 aliphatic rings. The lowest BCUT2D eigenvalue weighted by Gasteiger charge is -2.10. The highest BCUT2D eigenvalue weighted by Crippen LogP contribution is 2.30. The van der Waals surface area contributed by atoms with Gasteiger partial charge in [0.25, 0.3) is 5.56 Å². The molecule has 0 unspecified atom stereocenters. The van der Waals surface area contributed by atoms with E-state index in [4.69, 9.17) is 14.2 Å². The molecule has 1 N–H and O–H groups in total. The summed E-state index contributed by atoms with van der Waals surface area (Å²) in [6.45, 7) is 1.67.